The zero-order valence-electron chi connectivity index (χ0n) is 11.5. The van der Waals surface area contributed by atoms with Crippen LogP contribution in [0.4, 0.5) is 18.0 Å². The number of carbonyl (C=O) groups excluding carboxylic acids is 2. The van der Waals surface area contributed by atoms with Crippen molar-refractivity contribution < 1.29 is 27.5 Å². The number of ether oxygens (including phenoxy) is 1. The van der Waals surface area contributed by atoms with Crippen molar-refractivity contribution in [1.82, 2.24) is 4.90 Å². The lowest BCUT2D eigenvalue weighted by Gasteiger charge is -2.18. The van der Waals surface area contributed by atoms with Gasteiger partial charge in [-0.3, -0.25) is 4.79 Å². The van der Waals surface area contributed by atoms with Gasteiger partial charge in [0.1, 0.15) is 6.61 Å². The van der Waals surface area contributed by atoms with Crippen LogP contribution in [0.1, 0.15) is 12.0 Å². The minimum atomic E-state index is -4.38. The number of hydrogen-bond acceptors (Lipinski definition) is 3. The van der Waals surface area contributed by atoms with Gasteiger partial charge in [-0.25, -0.2) is 9.69 Å². The standard InChI is InChI=1S/C15H14F3NO3/c16-15(17,18)8-4-7-13(20)19-12(10-22-14(19)21)9-11-5-2-1-3-6-11/h1-7,12H,8-10H2/b7-4+. The lowest BCUT2D eigenvalue weighted by Crippen LogP contribution is -2.39. The number of allylic oxidation sites excluding steroid dienone is 1. The minimum Gasteiger partial charge on any atom is -0.447 e. The molecule has 0 spiro atoms. The van der Waals surface area contributed by atoms with Crippen molar-refractivity contribution in [2.24, 2.45) is 0 Å². The number of nitrogens with zero attached hydrogens (tertiary/aromatic N) is 1. The van der Waals surface area contributed by atoms with Gasteiger partial charge < -0.3 is 4.74 Å². The van der Waals surface area contributed by atoms with E-state index in [1.54, 1.807) is 0 Å². The number of benzene rings is 1. The van der Waals surface area contributed by atoms with E-state index >= 15 is 0 Å². The minimum absolute atomic E-state index is 0.0343. The van der Waals surface area contributed by atoms with E-state index in [4.69, 9.17) is 4.74 Å². The summed E-state index contributed by atoms with van der Waals surface area (Å²) in [5.41, 5.74) is 0.905. The molecule has 1 fully saturated rings. The molecule has 2 rings (SSSR count). The molecule has 1 saturated heterocycles. The monoisotopic (exact) mass is 313 g/mol. The molecule has 4 nitrogen and oxygen atoms in total. The zero-order valence-corrected chi connectivity index (χ0v) is 11.5. The molecule has 1 aliphatic heterocycles. The molecular formula is C15H14F3NO3. The second-order valence-electron chi connectivity index (χ2n) is 4.85. The molecule has 1 atom stereocenters. The van der Waals surface area contributed by atoms with Gasteiger partial charge in [0.25, 0.3) is 5.91 Å². The number of amides is 2. The zero-order chi connectivity index (χ0) is 16.2. The Balaban J connectivity index is 2.03. The summed E-state index contributed by atoms with van der Waals surface area (Å²) in [6.45, 7) is 0.0343. The van der Waals surface area contributed by atoms with Crippen LogP contribution < -0.4 is 0 Å². The fourth-order valence-electron chi connectivity index (χ4n) is 2.14. The van der Waals surface area contributed by atoms with Crippen molar-refractivity contribution in [3.8, 4) is 0 Å². The first-order chi connectivity index (χ1) is 10.4. The molecule has 0 aliphatic carbocycles. The molecule has 1 aromatic carbocycles. The number of hydrogen-bond donors (Lipinski definition) is 0. The number of carbonyl (C=O) groups is 2. The summed E-state index contributed by atoms with van der Waals surface area (Å²) < 4.78 is 41.0. The fraction of sp³-hybridized carbons (Fsp3) is 0.333. The van der Waals surface area contributed by atoms with Crippen LogP contribution in [-0.4, -0.2) is 35.7 Å². The van der Waals surface area contributed by atoms with Gasteiger partial charge in [0.15, 0.2) is 0 Å². The molecule has 2 amide bonds. The SMILES string of the molecule is O=C(/C=C/CC(F)(F)F)N1C(=O)OCC1Cc1ccccc1. The van der Waals surface area contributed by atoms with Crippen molar-refractivity contribution >= 4 is 12.0 Å². The number of cyclic esters (lactones) is 1. The van der Waals surface area contributed by atoms with Crippen LogP contribution in [0.3, 0.4) is 0 Å². The Kier molecular flexibility index (Phi) is 4.85. The van der Waals surface area contributed by atoms with Gasteiger partial charge in [0, 0.05) is 6.08 Å². The van der Waals surface area contributed by atoms with Gasteiger partial charge in [-0.15, -0.1) is 0 Å². The van der Waals surface area contributed by atoms with Crippen LogP contribution in [0.25, 0.3) is 0 Å². The second-order valence-corrected chi connectivity index (χ2v) is 4.85. The maximum Gasteiger partial charge on any atom is 0.417 e. The average molecular weight is 313 g/mol. The molecule has 0 bridgehead atoms. The first-order valence-corrected chi connectivity index (χ1v) is 6.64. The van der Waals surface area contributed by atoms with Crippen molar-refractivity contribution in [2.75, 3.05) is 6.61 Å². The molecule has 0 radical (unpaired) electrons. The van der Waals surface area contributed by atoms with Crippen molar-refractivity contribution in [2.45, 2.75) is 25.1 Å². The van der Waals surface area contributed by atoms with Crippen molar-refractivity contribution in [3.05, 3.63) is 48.0 Å². The highest BCUT2D eigenvalue weighted by Gasteiger charge is 2.37. The summed E-state index contributed by atoms with van der Waals surface area (Å²) in [5, 5.41) is 0. The van der Waals surface area contributed by atoms with E-state index in [2.05, 4.69) is 0 Å². The van der Waals surface area contributed by atoms with Gasteiger partial charge in [-0.05, 0) is 12.0 Å². The van der Waals surface area contributed by atoms with E-state index in [9.17, 15) is 22.8 Å². The summed E-state index contributed by atoms with van der Waals surface area (Å²) >= 11 is 0. The highest BCUT2D eigenvalue weighted by Crippen LogP contribution is 2.21. The Morgan fingerprint density at radius 2 is 2.00 bits per heavy atom. The highest BCUT2D eigenvalue weighted by atomic mass is 19.4. The first kappa shape index (κ1) is 16.1. The summed E-state index contributed by atoms with van der Waals surface area (Å²) in [4.78, 5) is 24.4. The quantitative estimate of drug-likeness (QED) is 0.803. The summed E-state index contributed by atoms with van der Waals surface area (Å²) in [6, 6.07) is 8.64. The van der Waals surface area contributed by atoms with E-state index < -0.39 is 30.6 Å². The second kappa shape index (κ2) is 6.64. The summed E-state index contributed by atoms with van der Waals surface area (Å²) in [7, 11) is 0. The topological polar surface area (TPSA) is 46.6 Å². The van der Waals surface area contributed by atoms with Crippen molar-refractivity contribution in [1.29, 1.82) is 0 Å². The number of rotatable bonds is 4. The Morgan fingerprint density at radius 3 is 2.64 bits per heavy atom. The van der Waals surface area contributed by atoms with Gasteiger partial charge in [0.2, 0.25) is 0 Å². The maximum atomic E-state index is 12.1. The van der Waals surface area contributed by atoms with Gasteiger partial charge >= 0.3 is 12.3 Å². The maximum absolute atomic E-state index is 12.1. The summed E-state index contributed by atoms with van der Waals surface area (Å²) in [6.07, 6.45) is -4.57. The fourth-order valence-corrected chi connectivity index (χ4v) is 2.14. The largest absolute Gasteiger partial charge is 0.447 e. The molecule has 1 aliphatic rings. The number of imide groups is 1. The molecule has 1 aromatic rings. The Bertz CT molecular complexity index is 569. The molecule has 118 valence electrons. The van der Waals surface area contributed by atoms with Crippen LogP contribution in [-0.2, 0) is 16.0 Å². The van der Waals surface area contributed by atoms with E-state index in [0.717, 1.165) is 16.5 Å². The molecule has 0 aromatic heterocycles. The van der Waals surface area contributed by atoms with E-state index in [1.165, 1.54) is 0 Å². The predicted molar refractivity (Wildman–Crippen MR) is 71.9 cm³/mol. The average Bonchev–Trinajstić information content (AvgIpc) is 2.79. The molecule has 1 unspecified atom stereocenters. The molecule has 7 heteroatoms. The van der Waals surface area contributed by atoms with Crippen LogP contribution in [0.2, 0.25) is 0 Å². The van der Waals surface area contributed by atoms with E-state index in [-0.39, 0.29) is 6.61 Å². The van der Waals surface area contributed by atoms with Crippen LogP contribution in [0.15, 0.2) is 42.5 Å². The molecule has 22 heavy (non-hydrogen) atoms. The van der Waals surface area contributed by atoms with Gasteiger partial charge in [-0.2, -0.15) is 13.2 Å². The summed E-state index contributed by atoms with van der Waals surface area (Å²) in [5.74, 6) is -0.798. The van der Waals surface area contributed by atoms with Crippen LogP contribution in [0.5, 0.6) is 0 Å². The molecular weight excluding hydrogens is 299 g/mol. The van der Waals surface area contributed by atoms with E-state index in [0.29, 0.717) is 12.5 Å². The van der Waals surface area contributed by atoms with Gasteiger partial charge in [0.05, 0.1) is 12.5 Å². The smallest absolute Gasteiger partial charge is 0.417 e. The normalized spacial score (nSPS) is 18.8. The Morgan fingerprint density at radius 1 is 1.32 bits per heavy atom. The third-order valence-corrected chi connectivity index (χ3v) is 3.12. The van der Waals surface area contributed by atoms with Gasteiger partial charge in [-0.1, -0.05) is 36.4 Å². The third-order valence-electron chi connectivity index (χ3n) is 3.12. The highest BCUT2D eigenvalue weighted by molar-refractivity contribution is 5.99. The molecule has 1 heterocycles. The predicted octanol–water partition coefficient (Wildman–Crippen LogP) is 3.09. The van der Waals surface area contributed by atoms with E-state index in [1.807, 2.05) is 30.3 Å². The lowest BCUT2D eigenvalue weighted by molar-refractivity contribution is -0.125. The Hall–Kier alpha value is -2.31. The molecule has 0 N–H and O–H groups in total. The molecule has 0 saturated carbocycles. The Labute approximate surface area is 125 Å². The number of alkyl halides is 3. The number of halogens is 3. The van der Waals surface area contributed by atoms with Crippen LogP contribution >= 0.6 is 0 Å². The lowest BCUT2D eigenvalue weighted by atomic mass is 10.1. The van der Waals surface area contributed by atoms with Crippen molar-refractivity contribution in [3.63, 3.8) is 0 Å². The van der Waals surface area contributed by atoms with Crippen LogP contribution in [0, 0.1) is 0 Å². The third kappa shape index (κ3) is 4.34. The first-order valence-electron chi connectivity index (χ1n) is 6.64.